The van der Waals surface area contributed by atoms with Crippen LogP contribution in [0.1, 0.15) is 30.0 Å². The molecule has 1 atom stereocenters. The van der Waals surface area contributed by atoms with Crippen LogP contribution in [-0.2, 0) is 11.8 Å². The largest absolute Gasteiger partial charge is 0.483 e. The molecule has 0 fully saturated rings. The summed E-state index contributed by atoms with van der Waals surface area (Å²) in [6, 6.07) is 19.5. The Hall–Kier alpha value is -3.40. The number of fused-ring (bicyclic) bond motifs is 1. The van der Waals surface area contributed by atoms with Crippen molar-refractivity contribution in [2.24, 2.45) is 7.05 Å². The molecule has 1 N–H and O–H groups in total. The molecule has 194 valence electrons. The highest BCUT2D eigenvalue weighted by molar-refractivity contribution is 7.99. The second-order valence-corrected chi connectivity index (χ2v) is 11.4. The average Bonchev–Trinajstić information content (AvgIpc) is 3.48. The lowest BCUT2D eigenvalue weighted by atomic mass is 10.2. The van der Waals surface area contributed by atoms with Gasteiger partial charge < -0.3 is 14.6 Å². The number of rotatable bonds is 8. The van der Waals surface area contributed by atoms with Gasteiger partial charge in [0.15, 0.2) is 17.1 Å². The molecule has 0 saturated carbocycles. The highest BCUT2D eigenvalue weighted by Gasteiger charge is 2.18. The molecule has 1 unspecified atom stereocenters. The maximum absolute atomic E-state index is 12.6. The van der Waals surface area contributed by atoms with E-state index < -0.39 is 0 Å². The van der Waals surface area contributed by atoms with Crippen LogP contribution < -0.4 is 10.1 Å². The minimum Gasteiger partial charge on any atom is -0.483 e. The fourth-order valence-electron chi connectivity index (χ4n) is 3.93. The third-order valence-electron chi connectivity index (χ3n) is 5.97. The number of hydrogen-bond acceptors (Lipinski definition) is 7. The summed E-state index contributed by atoms with van der Waals surface area (Å²) in [6.45, 7) is 5.92. The predicted octanol–water partition coefficient (Wildman–Crippen LogP) is 7.23. The van der Waals surface area contributed by atoms with Gasteiger partial charge in [-0.05, 0) is 86.5 Å². The first kappa shape index (κ1) is 26.2. The fraction of sp³-hybridized carbons (Fsp3) is 0.214. The van der Waals surface area contributed by atoms with Crippen molar-refractivity contribution in [1.82, 2.24) is 19.7 Å². The molecule has 0 bridgehead atoms. The van der Waals surface area contributed by atoms with E-state index in [-0.39, 0.29) is 17.8 Å². The molecule has 7 nitrogen and oxygen atoms in total. The Bertz CT molecular complexity index is 1610. The molecule has 0 aliphatic rings. The van der Waals surface area contributed by atoms with Gasteiger partial charge in [-0.25, -0.2) is 4.98 Å². The number of anilines is 1. The van der Waals surface area contributed by atoms with Crippen molar-refractivity contribution in [1.29, 1.82) is 0 Å². The summed E-state index contributed by atoms with van der Waals surface area (Å²) < 4.78 is 9.04. The molecule has 0 radical (unpaired) electrons. The second kappa shape index (κ2) is 11.1. The normalized spacial score (nSPS) is 12.0. The van der Waals surface area contributed by atoms with Crippen molar-refractivity contribution in [3.05, 3.63) is 82.6 Å². The Morgan fingerprint density at radius 3 is 2.66 bits per heavy atom. The summed E-state index contributed by atoms with van der Waals surface area (Å²) in [5.41, 5.74) is 4.91. The third kappa shape index (κ3) is 5.85. The van der Waals surface area contributed by atoms with Crippen molar-refractivity contribution >= 4 is 56.5 Å². The van der Waals surface area contributed by atoms with Crippen LogP contribution in [0.15, 0.2) is 65.8 Å². The molecule has 3 aromatic carbocycles. The molecule has 0 aliphatic heterocycles. The number of aromatic nitrogens is 4. The molecule has 0 saturated heterocycles. The van der Waals surface area contributed by atoms with E-state index >= 15 is 0 Å². The number of thioether (sulfide) groups is 1. The topological polar surface area (TPSA) is 81.9 Å². The van der Waals surface area contributed by atoms with Crippen LogP contribution in [0, 0.1) is 13.8 Å². The molecule has 2 aromatic heterocycles. The number of nitrogens with one attached hydrogen (secondary N) is 1. The van der Waals surface area contributed by atoms with Crippen molar-refractivity contribution < 1.29 is 9.53 Å². The van der Waals surface area contributed by atoms with Crippen LogP contribution in [0.2, 0.25) is 5.02 Å². The highest BCUT2D eigenvalue weighted by Crippen LogP contribution is 2.31. The van der Waals surface area contributed by atoms with Crippen molar-refractivity contribution in [3.8, 4) is 16.3 Å². The number of benzene rings is 3. The van der Waals surface area contributed by atoms with Crippen molar-refractivity contribution in [3.63, 3.8) is 0 Å². The van der Waals surface area contributed by atoms with E-state index in [4.69, 9.17) is 21.3 Å². The summed E-state index contributed by atoms with van der Waals surface area (Å²) >= 11 is 9.09. The first-order valence-electron chi connectivity index (χ1n) is 12.0. The van der Waals surface area contributed by atoms with E-state index in [0.29, 0.717) is 21.8 Å². The zero-order valence-corrected chi connectivity index (χ0v) is 23.7. The Kier molecular flexibility index (Phi) is 7.69. The van der Waals surface area contributed by atoms with Crippen molar-refractivity contribution in [2.75, 3.05) is 11.1 Å². The Morgan fingerprint density at radius 1 is 1.11 bits per heavy atom. The maximum atomic E-state index is 12.6. The van der Waals surface area contributed by atoms with Gasteiger partial charge in [0.2, 0.25) is 5.91 Å². The van der Waals surface area contributed by atoms with Gasteiger partial charge in [-0.2, -0.15) is 0 Å². The SMILES string of the molecule is Cc1ccc2nc(-c3ccc(NC(=O)CSc4nnc(C(C)Oc5ccc(Cl)c(C)c5)n4C)cc3)sc2c1. The lowest BCUT2D eigenvalue weighted by molar-refractivity contribution is -0.113. The van der Waals surface area contributed by atoms with Crippen LogP contribution in [0.25, 0.3) is 20.8 Å². The molecule has 38 heavy (non-hydrogen) atoms. The van der Waals surface area contributed by atoms with E-state index in [1.54, 1.807) is 11.3 Å². The van der Waals surface area contributed by atoms with Crippen LogP contribution in [-0.4, -0.2) is 31.4 Å². The van der Waals surface area contributed by atoms with E-state index in [0.717, 1.165) is 27.3 Å². The lowest BCUT2D eigenvalue weighted by Crippen LogP contribution is -2.14. The van der Waals surface area contributed by atoms with Gasteiger partial charge in [0.05, 0.1) is 16.0 Å². The predicted molar refractivity (Wildman–Crippen MR) is 155 cm³/mol. The molecular weight excluding hydrogens is 538 g/mol. The third-order valence-corrected chi connectivity index (χ3v) is 8.48. The molecule has 2 heterocycles. The second-order valence-electron chi connectivity index (χ2n) is 8.98. The standard InChI is InChI=1S/C28H26ClN5O2S2/c1-16-5-12-23-24(13-16)38-27(31-23)19-6-8-20(9-7-19)30-25(35)15-37-28-33-32-26(34(28)4)18(3)36-21-10-11-22(29)17(2)14-21/h5-14,18H,15H2,1-4H3,(H,30,35). The van der Waals surface area contributed by atoms with Crippen LogP contribution in [0.5, 0.6) is 5.75 Å². The number of amides is 1. The summed E-state index contributed by atoms with van der Waals surface area (Å²) in [5, 5.41) is 13.8. The first-order valence-corrected chi connectivity index (χ1v) is 14.2. The monoisotopic (exact) mass is 563 g/mol. The summed E-state index contributed by atoms with van der Waals surface area (Å²) in [6.07, 6.45) is -0.325. The van der Waals surface area contributed by atoms with E-state index in [9.17, 15) is 4.79 Å². The number of ether oxygens (including phenoxy) is 1. The van der Waals surface area contributed by atoms with Gasteiger partial charge in [-0.15, -0.1) is 21.5 Å². The summed E-state index contributed by atoms with van der Waals surface area (Å²) in [7, 11) is 1.87. The molecule has 10 heteroatoms. The molecule has 5 aromatic rings. The maximum Gasteiger partial charge on any atom is 0.234 e. The van der Waals surface area contributed by atoms with Gasteiger partial charge in [0.1, 0.15) is 10.8 Å². The highest BCUT2D eigenvalue weighted by atomic mass is 35.5. The number of hydrogen-bond donors (Lipinski definition) is 1. The number of halogens is 1. The first-order chi connectivity index (χ1) is 18.3. The number of carbonyl (C=O) groups excluding carboxylic acids is 1. The number of aryl methyl sites for hydroxylation is 2. The van der Waals surface area contributed by atoms with Crippen LogP contribution in [0.3, 0.4) is 0 Å². The molecule has 0 aliphatic carbocycles. The van der Waals surface area contributed by atoms with Gasteiger partial charge in [0.25, 0.3) is 0 Å². The quantitative estimate of drug-likeness (QED) is 0.200. The molecule has 5 rings (SSSR count). The number of carbonyl (C=O) groups is 1. The van der Waals surface area contributed by atoms with E-state index in [2.05, 4.69) is 34.6 Å². The fourth-order valence-corrected chi connectivity index (χ4v) is 5.84. The zero-order valence-electron chi connectivity index (χ0n) is 21.4. The average molecular weight is 564 g/mol. The van der Waals surface area contributed by atoms with E-state index in [1.165, 1.54) is 22.0 Å². The summed E-state index contributed by atoms with van der Waals surface area (Å²) in [4.78, 5) is 17.3. The van der Waals surface area contributed by atoms with Crippen LogP contribution in [0.4, 0.5) is 5.69 Å². The summed E-state index contributed by atoms with van der Waals surface area (Å²) in [5.74, 6) is 1.46. The zero-order chi connectivity index (χ0) is 26.8. The van der Waals surface area contributed by atoms with Crippen molar-refractivity contribution in [2.45, 2.75) is 32.0 Å². The lowest BCUT2D eigenvalue weighted by Gasteiger charge is -2.15. The van der Waals surface area contributed by atoms with Gasteiger partial charge in [-0.3, -0.25) is 4.79 Å². The van der Waals surface area contributed by atoms with Gasteiger partial charge in [-0.1, -0.05) is 29.4 Å². The van der Waals surface area contributed by atoms with Crippen LogP contribution >= 0.6 is 34.7 Å². The van der Waals surface area contributed by atoms with Gasteiger partial charge in [0, 0.05) is 23.3 Å². The number of thiazole rings is 1. The Labute approximate surface area is 234 Å². The minimum absolute atomic E-state index is 0.122. The molecule has 0 spiro atoms. The van der Waals surface area contributed by atoms with E-state index in [1.807, 2.05) is 74.0 Å². The number of nitrogens with zero attached hydrogens (tertiary/aromatic N) is 4. The molecule has 1 amide bonds. The smallest absolute Gasteiger partial charge is 0.234 e. The minimum atomic E-state index is -0.325. The molecular formula is C28H26ClN5O2S2. The van der Waals surface area contributed by atoms with Gasteiger partial charge >= 0.3 is 0 Å². The Morgan fingerprint density at radius 2 is 1.89 bits per heavy atom. The Balaban J connectivity index is 1.17.